The van der Waals surface area contributed by atoms with Crippen LogP contribution in [-0.4, -0.2) is 15.1 Å². The molecule has 2 aromatic heterocycles. The second-order valence-corrected chi connectivity index (χ2v) is 4.64. The maximum Gasteiger partial charge on any atom is 0.106 e. The van der Waals surface area contributed by atoms with Gasteiger partial charge in [0.25, 0.3) is 0 Å². The first-order valence-electron chi connectivity index (χ1n) is 6.18. The molecule has 2 heterocycles. The number of rotatable bonds is 2. The molecule has 0 bridgehead atoms. The predicted octanol–water partition coefficient (Wildman–Crippen LogP) is 3.02. The molecule has 0 aliphatic carbocycles. The van der Waals surface area contributed by atoms with Crippen molar-refractivity contribution >= 4 is 10.8 Å². The molecule has 1 atom stereocenters. The standard InChI is InChI=1S/C16H14N2O/c1-11-7-13(10-18-8-11)16(19)15-4-2-3-12-9-17-6-5-14(12)15/h2-10,16,19H,1H3. The van der Waals surface area contributed by atoms with E-state index in [9.17, 15) is 5.11 Å². The zero-order valence-electron chi connectivity index (χ0n) is 10.6. The molecule has 0 amide bonds. The van der Waals surface area contributed by atoms with Crippen molar-refractivity contribution in [2.75, 3.05) is 0 Å². The van der Waals surface area contributed by atoms with E-state index in [1.54, 1.807) is 24.8 Å². The Bertz CT molecular complexity index is 719. The summed E-state index contributed by atoms with van der Waals surface area (Å²) in [4.78, 5) is 8.24. The van der Waals surface area contributed by atoms with Gasteiger partial charge in [0.2, 0.25) is 0 Å². The van der Waals surface area contributed by atoms with E-state index in [4.69, 9.17) is 0 Å². The zero-order chi connectivity index (χ0) is 13.2. The van der Waals surface area contributed by atoms with Gasteiger partial charge in [-0.2, -0.15) is 0 Å². The van der Waals surface area contributed by atoms with Gasteiger partial charge in [-0.25, -0.2) is 0 Å². The monoisotopic (exact) mass is 250 g/mol. The van der Waals surface area contributed by atoms with E-state index < -0.39 is 6.10 Å². The lowest BCUT2D eigenvalue weighted by Gasteiger charge is -2.14. The van der Waals surface area contributed by atoms with Crippen molar-refractivity contribution in [2.45, 2.75) is 13.0 Å². The van der Waals surface area contributed by atoms with E-state index in [-0.39, 0.29) is 0 Å². The molecule has 0 fully saturated rings. The van der Waals surface area contributed by atoms with Gasteiger partial charge < -0.3 is 5.11 Å². The first-order valence-corrected chi connectivity index (χ1v) is 6.18. The summed E-state index contributed by atoms with van der Waals surface area (Å²) in [6.45, 7) is 1.97. The Morgan fingerprint density at radius 3 is 2.79 bits per heavy atom. The van der Waals surface area contributed by atoms with Crippen LogP contribution < -0.4 is 0 Å². The third kappa shape index (κ3) is 2.20. The normalized spacial score (nSPS) is 12.5. The Hall–Kier alpha value is -2.26. The molecule has 19 heavy (non-hydrogen) atoms. The Morgan fingerprint density at radius 1 is 1.05 bits per heavy atom. The molecule has 0 saturated heterocycles. The smallest absolute Gasteiger partial charge is 0.106 e. The first-order chi connectivity index (χ1) is 9.25. The highest BCUT2D eigenvalue weighted by molar-refractivity contribution is 5.85. The fourth-order valence-electron chi connectivity index (χ4n) is 2.29. The van der Waals surface area contributed by atoms with E-state index in [1.807, 2.05) is 37.3 Å². The maximum absolute atomic E-state index is 10.6. The van der Waals surface area contributed by atoms with Gasteiger partial charge in [-0.15, -0.1) is 0 Å². The van der Waals surface area contributed by atoms with Crippen molar-refractivity contribution in [1.29, 1.82) is 0 Å². The van der Waals surface area contributed by atoms with E-state index >= 15 is 0 Å². The summed E-state index contributed by atoms with van der Waals surface area (Å²) in [6.07, 6.45) is 6.37. The summed E-state index contributed by atoms with van der Waals surface area (Å²) < 4.78 is 0. The maximum atomic E-state index is 10.6. The zero-order valence-corrected chi connectivity index (χ0v) is 10.6. The molecule has 0 saturated carbocycles. The molecule has 1 N–H and O–H groups in total. The van der Waals surface area contributed by atoms with Gasteiger partial charge in [-0.05, 0) is 29.5 Å². The average molecular weight is 250 g/mol. The predicted molar refractivity (Wildman–Crippen MR) is 74.8 cm³/mol. The molecular weight excluding hydrogens is 236 g/mol. The Kier molecular flexibility index (Phi) is 2.97. The van der Waals surface area contributed by atoms with E-state index in [2.05, 4.69) is 9.97 Å². The van der Waals surface area contributed by atoms with Crippen LogP contribution in [0.25, 0.3) is 10.8 Å². The molecule has 3 nitrogen and oxygen atoms in total. The van der Waals surface area contributed by atoms with Gasteiger partial charge >= 0.3 is 0 Å². The van der Waals surface area contributed by atoms with Crippen LogP contribution in [0.2, 0.25) is 0 Å². The van der Waals surface area contributed by atoms with Crippen molar-refractivity contribution in [2.24, 2.45) is 0 Å². The second-order valence-electron chi connectivity index (χ2n) is 4.64. The van der Waals surface area contributed by atoms with Crippen LogP contribution in [0.15, 0.2) is 55.1 Å². The fourth-order valence-corrected chi connectivity index (χ4v) is 2.29. The molecule has 1 aromatic carbocycles. The van der Waals surface area contributed by atoms with Gasteiger partial charge in [0.1, 0.15) is 6.10 Å². The van der Waals surface area contributed by atoms with Gasteiger partial charge in [-0.3, -0.25) is 9.97 Å². The lowest BCUT2D eigenvalue weighted by Crippen LogP contribution is -2.01. The summed E-state index contributed by atoms with van der Waals surface area (Å²) in [6, 6.07) is 9.75. The lowest BCUT2D eigenvalue weighted by molar-refractivity contribution is 0.221. The largest absolute Gasteiger partial charge is 0.384 e. The molecule has 0 aliphatic rings. The van der Waals surface area contributed by atoms with Crippen molar-refractivity contribution in [1.82, 2.24) is 9.97 Å². The molecule has 0 spiro atoms. The van der Waals surface area contributed by atoms with E-state index in [0.29, 0.717) is 0 Å². The molecule has 3 rings (SSSR count). The minimum atomic E-state index is -0.668. The topological polar surface area (TPSA) is 46.0 Å². The van der Waals surface area contributed by atoms with Crippen LogP contribution in [0.1, 0.15) is 22.8 Å². The van der Waals surface area contributed by atoms with Crippen LogP contribution >= 0.6 is 0 Å². The molecule has 1 unspecified atom stereocenters. The van der Waals surface area contributed by atoms with Gasteiger partial charge in [0.05, 0.1) is 0 Å². The number of aliphatic hydroxyl groups excluding tert-OH is 1. The molecule has 0 aliphatic heterocycles. The summed E-state index contributed by atoms with van der Waals surface area (Å²) >= 11 is 0. The second kappa shape index (κ2) is 4.78. The van der Waals surface area contributed by atoms with Crippen molar-refractivity contribution < 1.29 is 5.11 Å². The quantitative estimate of drug-likeness (QED) is 0.760. The van der Waals surface area contributed by atoms with E-state index in [0.717, 1.165) is 27.5 Å². The minimum Gasteiger partial charge on any atom is -0.384 e. The van der Waals surface area contributed by atoms with Crippen LogP contribution in [0.4, 0.5) is 0 Å². The molecule has 3 heteroatoms. The summed E-state index contributed by atoms with van der Waals surface area (Å²) in [7, 11) is 0. The van der Waals surface area contributed by atoms with Crippen LogP contribution in [0, 0.1) is 6.92 Å². The molecular formula is C16H14N2O. The first kappa shape index (κ1) is 11.8. The summed E-state index contributed by atoms with van der Waals surface area (Å²) in [5.41, 5.74) is 2.73. The lowest BCUT2D eigenvalue weighted by atomic mass is 9.97. The number of hydrogen-bond donors (Lipinski definition) is 1. The number of fused-ring (bicyclic) bond motifs is 1. The van der Waals surface area contributed by atoms with Gasteiger partial charge in [0.15, 0.2) is 0 Å². The van der Waals surface area contributed by atoms with Crippen LogP contribution in [0.5, 0.6) is 0 Å². The fraction of sp³-hybridized carbons (Fsp3) is 0.125. The number of nitrogens with zero attached hydrogens (tertiary/aromatic N) is 2. The number of aryl methyl sites for hydroxylation is 1. The minimum absolute atomic E-state index is 0.668. The summed E-state index contributed by atoms with van der Waals surface area (Å²) in [5, 5.41) is 12.6. The van der Waals surface area contributed by atoms with Crippen molar-refractivity contribution in [3.8, 4) is 0 Å². The van der Waals surface area contributed by atoms with Gasteiger partial charge in [0, 0.05) is 35.7 Å². The van der Waals surface area contributed by atoms with Crippen LogP contribution in [-0.2, 0) is 0 Å². The van der Waals surface area contributed by atoms with Crippen LogP contribution in [0.3, 0.4) is 0 Å². The Labute approximate surface area is 111 Å². The highest BCUT2D eigenvalue weighted by Gasteiger charge is 2.13. The van der Waals surface area contributed by atoms with Crippen molar-refractivity contribution in [3.63, 3.8) is 0 Å². The van der Waals surface area contributed by atoms with Gasteiger partial charge in [-0.1, -0.05) is 24.3 Å². The molecule has 0 radical (unpaired) electrons. The Balaban J connectivity index is 2.14. The summed E-state index contributed by atoms with van der Waals surface area (Å²) in [5.74, 6) is 0. The Morgan fingerprint density at radius 2 is 1.95 bits per heavy atom. The van der Waals surface area contributed by atoms with Crippen molar-refractivity contribution in [3.05, 3.63) is 71.8 Å². The molecule has 3 aromatic rings. The number of pyridine rings is 2. The van der Waals surface area contributed by atoms with E-state index in [1.165, 1.54) is 0 Å². The number of benzene rings is 1. The average Bonchev–Trinajstić information content (AvgIpc) is 2.46. The SMILES string of the molecule is Cc1cncc(C(O)c2cccc3cnccc23)c1. The number of hydrogen-bond acceptors (Lipinski definition) is 3. The highest BCUT2D eigenvalue weighted by Crippen LogP contribution is 2.28. The molecule has 94 valence electrons. The highest BCUT2D eigenvalue weighted by atomic mass is 16.3. The number of aliphatic hydroxyl groups is 1. The third-order valence-electron chi connectivity index (χ3n) is 3.22. The number of aromatic nitrogens is 2. The third-order valence-corrected chi connectivity index (χ3v) is 3.22.